The summed E-state index contributed by atoms with van der Waals surface area (Å²) >= 11 is 1.68. The van der Waals surface area contributed by atoms with Crippen LogP contribution in [0.5, 0.6) is 5.75 Å². The molecule has 1 aliphatic heterocycles. The first-order valence-corrected chi connectivity index (χ1v) is 9.74. The first kappa shape index (κ1) is 18.7. The number of carbonyl (C=O) groups excluding carboxylic acids is 1. The Labute approximate surface area is 157 Å². The van der Waals surface area contributed by atoms with Crippen molar-refractivity contribution >= 4 is 23.1 Å². The molecule has 2 N–H and O–H groups in total. The van der Waals surface area contributed by atoms with E-state index in [1.165, 1.54) is 4.88 Å². The molecule has 2 heterocycles. The second-order valence-electron chi connectivity index (χ2n) is 6.35. The number of ether oxygens (including phenoxy) is 2. The van der Waals surface area contributed by atoms with Crippen molar-refractivity contribution in [2.75, 3.05) is 25.1 Å². The summed E-state index contributed by atoms with van der Waals surface area (Å²) in [5.74, 6) is 0.779. The molecule has 1 fully saturated rings. The minimum absolute atomic E-state index is 0.198. The number of benzene rings is 1. The van der Waals surface area contributed by atoms with Gasteiger partial charge in [-0.25, -0.2) is 9.78 Å². The molecule has 0 aliphatic carbocycles. The highest BCUT2D eigenvalue weighted by Gasteiger charge is 2.15. The molecule has 26 heavy (non-hydrogen) atoms. The van der Waals surface area contributed by atoms with Crippen molar-refractivity contribution in [1.29, 1.82) is 0 Å². The largest absolute Gasteiger partial charge is 0.491 e. The van der Waals surface area contributed by atoms with E-state index in [9.17, 15) is 4.79 Å². The van der Waals surface area contributed by atoms with Gasteiger partial charge in [0.25, 0.3) is 0 Å². The molecule has 0 unspecified atom stereocenters. The van der Waals surface area contributed by atoms with Gasteiger partial charge in [-0.2, -0.15) is 0 Å². The molecule has 1 aromatic carbocycles. The van der Waals surface area contributed by atoms with E-state index in [-0.39, 0.29) is 12.1 Å². The first-order valence-electron chi connectivity index (χ1n) is 8.92. The Kier molecular flexibility index (Phi) is 6.46. The number of nitrogens with zero attached hydrogens (tertiary/aromatic N) is 1. The molecule has 1 aliphatic rings. The van der Waals surface area contributed by atoms with Crippen LogP contribution in [0.4, 0.5) is 10.5 Å². The lowest BCUT2D eigenvalue weighted by atomic mass is 10.2. The fraction of sp³-hybridized carbons (Fsp3) is 0.474. The topological polar surface area (TPSA) is 72.5 Å². The quantitative estimate of drug-likeness (QED) is 0.774. The summed E-state index contributed by atoms with van der Waals surface area (Å²) in [6.07, 6.45) is 3.10. The van der Waals surface area contributed by atoms with E-state index in [1.54, 1.807) is 11.3 Å². The zero-order chi connectivity index (χ0) is 18.4. The maximum Gasteiger partial charge on any atom is 0.319 e. The first-order chi connectivity index (χ1) is 12.6. The maximum atomic E-state index is 12.0. The smallest absolute Gasteiger partial charge is 0.319 e. The highest BCUT2D eigenvalue weighted by atomic mass is 32.1. The van der Waals surface area contributed by atoms with Crippen LogP contribution >= 0.6 is 11.3 Å². The Bertz CT molecular complexity index is 705. The van der Waals surface area contributed by atoms with E-state index in [1.807, 2.05) is 31.2 Å². The van der Waals surface area contributed by atoms with Gasteiger partial charge in [0, 0.05) is 30.1 Å². The third-order valence-electron chi connectivity index (χ3n) is 4.27. The average molecular weight is 375 g/mol. The van der Waals surface area contributed by atoms with Crippen LogP contribution in [0.25, 0.3) is 0 Å². The minimum Gasteiger partial charge on any atom is -0.491 e. The molecule has 6 nitrogen and oxygen atoms in total. The summed E-state index contributed by atoms with van der Waals surface area (Å²) in [6.45, 7) is 6.02. The van der Waals surface area contributed by atoms with Crippen LogP contribution < -0.4 is 15.4 Å². The Morgan fingerprint density at radius 2 is 2.15 bits per heavy atom. The van der Waals surface area contributed by atoms with Gasteiger partial charge in [0.05, 0.1) is 16.8 Å². The van der Waals surface area contributed by atoms with E-state index in [4.69, 9.17) is 9.47 Å². The summed E-state index contributed by atoms with van der Waals surface area (Å²) in [6, 6.07) is 7.15. The zero-order valence-electron chi connectivity index (χ0n) is 15.2. The Morgan fingerprint density at radius 3 is 2.81 bits per heavy atom. The summed E-state index contributed by atoms with van der Waals surface area (Å²) in [5, 5.41) is 6.73. The second kappa shape index (κ2) is 9.00. The highest BCUT2D eigenvalue weighted by Crippen LogP contribution is 2.19. The third-order valence-corrected chi connectivity index (χ3v) is 5.40. The molecule has 140 valence electrons. The molecule has 0 spiro atoms. The molecule has 1 aromatic heterocycles. The predicted molar refractivity (Wildman–Crippen MR) is 103 cm³/mol. The van der Waals surface area contributed by atoms with Crippen LogP contribution in [0.2, 0.25) is 0 Å². The number of aryl methyl sites for hydroxylation is 2. The van der Waals surface area contributed by atoms with Gasteiger partial charge in [-0.05, 0) is 51.0 Å². The predicted octanol–water partition coefficient (Wildman–Crippen LogP) is 3.68. The standard InChI is InChI=1S/C19H25N3O3S/c1-13-14(2)26-18(21-13)9-10-20-19(23)22-15-5-7-16(8-6-15)25-12-17-4-3-11-24-17/h5-8,17H,3-4,9-12H2,1-2H3,(H2,20,22,23)/t17-/m0/s1. The number of amides is 2. The minimum atomic E-state index is -0.219. The Balaban J connectivity index is 1.38. The van der Waals surface area contributed by atoms with Crippen molar-refractivity contribution in [3.8, 4) is 5.75 Å². The monoisotopic (exact) mass is 375 g/mol. The maximum absolute atomic E-state index is 12.0. The van der Waals surface area contributed by atoms with Crippen LogP contribution in [0.15, 0.2) is 24.3 Å². The van der Waals surface area contributed by atoms with E-state index in [0.717, 1.165) is 48.0 Å². The third kappa shape index (κ3) is 5.44. The number of rotatable bonds is 7. The molecule has 3 rings (SSSR count). The van der Waals surface area contributed by atoms with Crippen molar-refractivity contribution in [3.63, 3.8) is 0 Å². The van der Waals surface area contributed by atoms with E-state index >= 15 is 0 Å². The number of thiazole rings is 1. The molecular weight excluding hydrogens is 350 g/mol. The lowest BCUT2D eigenvalue weighted by Gasteiger charge is -2.12. The van der Waals surface area contributed by atoms with Crippen molar-refractivity contribution in [3.05, 3.63) is 39.8 Å². The molecule has 0 saturated carbocycles. The van der Waals surface area contributed by atoms with E-state index in [0.29, 0.717) is 13.2 Å². The second-order valence-corrected chi connectivity index (χ2v) is 7.64. The van der Waals surface area contributed by atoms with E-state index < -0.39 is 0 Å². The SMILES string of the molecule is Cc1nc(CCNC(=O)Nc2ccc(OC[C@@H]3CCCO3)cc2)sc1C. The van der Waals surface area contributed by atoms with Crippen molar-refractivity contribution in [1.82, 2.24) is 10.3 Å². The Morgan fingerprint density at radius 1 is 1.35 bits per heavy atom. The Hall–Kier alpha value is -2.12. The molecular formula is C19H25N3O3S. The normalized spacial score (nSPS) is 16.5. The van der Waals surface area contributed by atoms with Gasteiger partial charge < -0.3 is 20.1 Å². The molecule has 2 amide bonds. The summed E-state index contributed by atoms with van der Waals surface area (Å²) in [7, 11) is 0. The zero-order valence-corrected chi connectivity index (χ0v) is 16.0. The van der Waals surface area contributed by atoms with Crippen molar-refractivity contribution in [2.45, 2.75) is 39.2 Å². The van der Waals surface area contributed by atoms with Gasteiger partial charge in [-0.15, -0.1) is 11.3 Å². The fourth-order valence-electron chi connectivity index (χ4n) is 2.70. The van der Waals surface area contributed by atoms with E-state index in [2.05, 4.69) is 22.5 Å². The molecule has 1 saturated heterocycles. The summed E-state index contributed by atoms with van der Waals surface area (Å²) in [4.78, 5) is 17.7. The van der Waals surface area contributed by atoms with Crippen molar-refractivity contribution < 1.29 is 14.3 Å². The number of hydrogen-bond acceptors (Lipinski definition) is 5. The van der Waals surface area contributed by atoms with Crippen LogP contribution in [0, 0.1) is 13.8 Å². The van der Waals surface area contributed by atoms with Gasteiger partial charge >= 0.3 is 6.03 Å². The van der Waals surface area contributed by atoms with Crippen LogP contribution in [-0.4, -0.2) is 36.9 Å². The molecule has 1 atom stereocenters. The number of aromatic nitrogens is 1. The molecule has 0 bridgehead atoms. The number of hydrogen-bond donors (Lipinski definition) is 2. The van der Waals surface area contributed by atoms with Gasteiger partial charge in [-0.3, -0.25) is 0 Å². The lowest BCUT2D eigenvalue weighted by Crippen LogP contribution is -2.30. The number of carbonyl (C=O) groups is 1. The molecule has 2 aromatic rings. The highest BCUT2D eigenvalue weighted by molar-refractivity contribution is 7.11. The van der Waals surface area contributed by atoms with Crippen molar-refractivity contribution in [2.24, 2.45) is 0 Å². The average Bonchev–Trinajstić information content (AvgIpc) is 3.24. The summed E-state index contributed by atoms with van der Waals surface area (Å²) < 4.78 is 11.3. The molecule has 7 heteroatoms. The van der Waals surface area contributed by atoms with Gasteiger partial charge in [0.2, 0.25) is 0 Å². The summed E-state index contributed by atoms with van der Waals surface area (Å²) in [5.41, 5.74) is 1.80. The van der Waals surface area contributed by atoms with Crippen LogP contribution in [0.1, 0.15) is 28.4 Å². The fourth-order valence-corrected chi connectivity index (χ4v) is 3.64. The lowest BCUT2D eigenvalue weighted by molar-refractivity contribution is 0.0679. The van der Waals surface area contributed by atoms with Gasteiger partial charge in [0.1, 0.15) is 12.4 Å². The number of nitrogens with one attached hydrogen (secondary N) is 2. The van der Waals surface area contributed by atoms with Crippen LogP contribution in [0.3, 0.4) is 0 Å². The number of anilines is 1. The van der Waals surface area contributed by atoms with Gasteiger partial charge in [0.15, 0.2) is 0 Å². The molecule has 0 radical (unpaired) electrons. The van der Waals surface area contributed by atoms with Crippen LogP contribution in [-0.2, 0) is 11.2 Å². The number of urea groups is 1. The van der Waals surface area contributed by atoms with Gasteiger partial charge in [-0.1, -0.05) is 0 Å².